The summed E-state index contributed by atoms with van der Waals surface area (Å²) in [6, 6.07) is 18.5. The lowest BCUT2D eigenvalue weighted by Crippen LogP contribution is -2.51. The molecule has 21 heteroatoms. The highest BCUT2D eigenvalue weighted by Gasteiger charge is 2.49. The first-order chi connectivity index (χ1) is 39.6. The second kappa shape index (κ2) is 24.7. The lowest BCUT2D eigenvalue weighted by Gasteiger charge is -2.35. The lowest BCUT2D eigenvalue weighted by molar-refractivity contribution is -0.121. The van der Waals surface area contributed by atoms with Crippen molar-refractivity contribution in [3.05, 3.63) is 89.1 Å². The monoisotopic (exact) mass is 1130 g/mol. The zero-order valence-corrected chi connectivity index (χ0v) is 45.8. The maximum Gasteiger partial charge on any atom is 0.319 e. The van der Waals surface area contributed by atoms with Crippen molar-refractivity contribution in [2.75, 3.05) is 90.2 Å². The minimum atomic E-state index is -0.667. The number of nitrogens with zero attached hydrogens (tertiary/aromatic N) is 8. The number of piperazine rings is 2. The summed E-state index contributed by atoms with van der Waals surface area (Å²) in [5.41, 5.74) is 3.03. The Labute approximate surface area is 473 Å². The van der Waals surface area contributed by atoms with Crippen molar-refractivity contribution in [1.82, 2.24) is 50.3 Å². The molecule has 1 amide bonds. The molecule has 424 valence electrons. The van der Waals surface area contributed by atoms with Crippen LogP contribution in [-0.4, -0.2) is 173 Å². The van der Waals surface area contributed by atoms with Crippen LogP contribution in [0.1, 0.15) is 63.4 Å². The van der Waals surface area contributed by atoms with Crippen LogP contribution in [0.3, 0.4) is 0 Å². The van der Waals surface area contributed by atoms with E-state index in [1.54, 1.807) is 30.5 Å². The van der Waals surface area contributed by atoms with Crippen LogP contribution in [0.25, 0.3) is 55.4 Å². The average molecular weight is 1130 g/mol. The van der Waals surface area contributed by atoms with Gasteiger partial charge in [0.1, 0.15) is 60.1 Å². The van der Waals surface area contributed by atoms with E-state index in [4.69, 9.17) is 46.7 Å². The summed E-state index contributed by atoms with van der Waals surface area (Å²) in [6.45, 7) is 8.63. The molecule has 5 saturated heterocycles. The van der Waals surface area contributed by atoms with Crippen LogP contribution < -0.4 is 29.7 Å². The molecule has 6 atom stereocenters. The summed E-state index contributed by atoms with van der Waals surface area (Å²) in [5.74, 6) is 2.57. The Morgan fingerprint density at radius 3 is 2.42 bits per heavy atom. The maximum absolute atomic E-state index is 16.9. The quantitative estimate of drug-likeness (QED) is 0.0385. The number of fused-ring (bicyclic) bond motifs is 6. The second-order valence-corrected chi connectivity index (χ2v) is 22.1. The van der Waals surface area contributed by atoms with Crippen LogP contribution in [0.2, 0.25) is 5.02 Å². The molecular formula is C60H66ClF2N11O7. The Morgan fingerprint density at radius 1 is 0.852 bits per heavy atom. The number of amides is 1. The number of nitrogens with one attached hydrogen (secondary N) is 3. The van der Waals surface area contributed by atoms with Gasteiger partial charge in [-0.3, -0.25) is 14.7 Å². The molecule has 12 rings (SSSR count). The van der Waals surface area contributed by atoms with Crippen molar-refractivity contribution in [1.29, 1.82) is 0 Å². The van der Waals surface area contributed by atoms with E-state index in [2.05, 4.69) is 56.2 Å². The normalized spacial score (nSPS) is 21.9. The summed E-state index contributed by atoms with van der Waals surface area (Å²) in [7, 11) is 0. The first-order valence-electron chi connectivity index (χ1n) is 28.4. The van der Waals surface area contributed by atoms with Gasteiger partial charge in [0, 0.05) is 87.0 Å². The third kappa shape index (κ3) is 12.2. The summed E-state index contributed by atoms with van der Waals surface area (Å²) >= 11 is 6.65. The number of aliphatic hydroxyl groups is 1. The number of H-pyrrole nitrogens is 1. The zero-order chi connectivity index (χ0) is 55.4. The van der Waals surface area contributed by atoms with Crippen LogP contribution in [0.5, 0.6) is 17.8 Å². The van der Waals surface area contributed by atoms with Crippen LogP contribution in [-0.2, 0) is 14.3 Å². The standard InChI is InChI=1S/C60H66ClF2N11O7/c1-2-41-45(62)20-15-36-10-9-11-42(50(36)41)53-51(63)54-43(31-65-53)58(74-32-38-16-17-39(33-74)66-38)71-59(69-54)78-29-27-73-25-23-72(24-26-73)22-8-6-4-3-5-7-12-49(76)64-21-28-77-40-18-13-37(14-19-40)52-44(61)30-46-57(68-52)70-60(67-46)81-48-35-80-55-47(75)34-79-56(48)55/h1,9-11,13-15,18-20,30-31,38-39,47-48,55-56,66,75H,3-8,12,16-17,21-29,32-35H2,(H,64,76)(H,67,68,70). The van der Waals surface area contributed by atoms with Crippen molar-refractivity contribution in [3.8, 4) is 52.6 Å². The number of carbonyl (C=O) groups excluding carboxylic acids is 1. The van der Waals surface area contributed by atoms with Gasteiger partial charge in [-0.15, -0.1) is 6.42 Å². The minimum Gasteiger partial charge on any atom is -0.492 e. The number of unbranched alkanes of at least 4 members (excludes halogenated alkanes) is 5. The summed E-state index contributed by atoms with van der Waals surface area (Å²) in [4.78, 5) is 46.1. The summed E-state index contributed by atoms with van der Waals surface area (Å²) in [6.07, 6.45) is 14.6. The fourth-order valence-electron chi connectivity index (χ4n) is 12.0. The first kappa shape index (κ1) is 54.7. The molecule has 4 aromatic heterocycles. The number of halogens is 3. The van der Waals surface area contributed by atoms with E-state index in [0.29, 0.717) is 100.0 Å². The topological polar surface area (TPSA) is 197 Å². The molecule has 2 bridgehead atoms. The molecule has 0 spiro atoms. The number of rotatable bonds is 22. The Hall–Kier alpha value is -6.83. The number of pyridine rings is 2. The molecule has 5 fully saturated rings. The van der Waals surface area contributed by atoms with Crippen molar-refractivity contribution >= 4 is 56.2 Å². The smallest absolute Gasteiger partial charge is 0.319 e. The third-order valence-electron chi connectivity index (χ3n) is 16.3. The minimum absolute atomic E-state index is 0.0308. The van der Waals surface area contributed by atoms with Gasteiger partial charge < -0.3 is 54.2 Å². The molecule has 3 aromatic carbocycles. The van der Waals surface area contributed by atoms with Crippen LogP contribution >= 0.6 is 11.6 Å². The number of aliphatic hydroxyl groups excluding tert-OH is 1. The van der Waals surface area contributed by atoms with Gasteiger partial charge in [-0.1, -0.05) is 67.5 Å². The van der Waals surface area contributed by atoms with E-state index in [9.17, 15) is 14.3 Å². The van der Waals surface area contributed by atoms with E-state index in [-0.39, 0.29) is 54.0 Å². The number of ether oxygens (including phenoxy) is 5. The van der Waals surface area contributed by atoms with E-state index >= 15 is 4.39 Å². The van der Waals surface area contributed by atoms with Crippen molar-refractivity contribution in [2.24, 2.45) is 0 Å². The van der Waals surface area contributed by atoms with Gasteiger partial charge in [-0.25, -0.2) is 13.8 Å². The molecule has 18 nitrogen and oxygen atoms in total. The third-order valence-corrected chi connectivity index (χ3v) is 16.5. The molecular weight excluding hydrogens is 1060 g/mol. The van der Waals surface area contributed by atoms with Crippen molar-refractivity contribution < 1.29 is 42.4 Å². The van der Waals surface area contributed by atoms with Gasteiger partial charge in [0.15, 0.2) is 17.6 Å². The Morgan fingerprint density at radius 2 is 1.62 bits per heavy atom. The van der Waals surface area contributed by atoms with Gasteiger partial charge >= 0.3 is 6.01 Å². The molecule has 5 aliphatic rings. The predicted octanol–water partition coefficient (Wildman–Crippen LogP) is 7.47. The summed E-state index contributed by atoms with van der Waals surface area (Å²) in [5, 5.41) is 18.7. The van der Waals surface area contributed by atoms with Gasteiger partial charge in [0.2, 0.25) is 5.91 Å². The van der Waals surface area contributed by atoms with E-state index in [1.807, 2.05) is 30.3 Å². The van der Waals surface area contributed by atoms with Gasteiger partial charge in [-0.05, 0) is 74.0 Å². The van der Waals surface area contributed by atoms with E-state index in [1.165, 1.54) is 6.07 Å². The van der Waals surface area contributed by atoms with Gasteiger partial charge in [-0.2, -0.15) is 15.0 Å². The fraction of sp³-hybridized carbons (Fsp3) is 0.467. The van der Waals surface area contributed by atoms with Crippen LogP contribution in [0.4, 0.5) is 14.6 Å². The molecule has 0 aliphatic carbocycles. The Balaban J connectivity index is 0.533. The lowest BCUT2D eigenvalue weighted by atomic mass is 9.96. The van der Waals surface area contributed by atoms with E-state index in [0.717, 1.165) is 103 Å². The van der Waals surface area contributed by atoms with Crippen molar-refractivity contribution in [2.45, 2.75) is 94.3 Å². The number of aromatic amines is 1. The molecule has 9 heterocycles. The largest absolute Gasteiger partial charge is 0.492 e. The highest BCUT2D eigenvalue weighted by atomic mass is 35.5. The Kier molecular flexibility index (Phi) is 16.7. The number of aromatic nitrogens is 6. The SMILES string of the molecule is C#Cc1c(F)ccc2cccc(-c3ncc4c(N5CC6CCC(C5)N6)nc(OCCN5CCN(CCCCCCCCC(=O)NCCOc6ccc(-c7nc8nc(OC9COC%10C(O)COC9%10)[nH]c8cc7Cl)cc6)CC5)nc4c3F)c12. The summed E-state index contributed by atoms with van der Waals surface area (Å²) < 4.78 is 61.4. The number of carbonyl (C=O) groups is 1. The number of anilines is 1. The first-order valence-corrected chi connectivity index (χ1v) is 28.8. The number of hydrogen-bond acceptors (Lipinski definition) is 16. The molecule has 5 aliphatic heterocycles. The van der Waals surface area contributed by atoms with Crippen LogP contribution in [0.15, 0.2) is 66.9 Å². The molecule has 4 N–H and O–H groups in total. The molecule has 81 heavy (non-hydrogen) atoms. The van der Waals surface area contributed by atoms with E-state index < -0.39 is 29.9 Å². The second-order valence-electron chi connectivity index (χ2n) is 21.7. The highest BCUT2D eigenvalue weighted by Crippen LogP contribution is 2.38. The maximum atomic E-state index is 16.9. The van der Waals surface area contributed by atoms with Gasteiger partial charge in [0.05, 0.1) is 46.9 Å². The molecule has 0 radical (unpaired) electrons. The average Bonchev–Trinajstić information content (AvgIpc) is 4.34. The predicted molar refractivity (Wildman–Crippen MR) is 304 cm³/mol. The zero-order valence-electron chi connectivity index (χ0n) is 45.1. The molecule has 6 unspecified atom stereocenters. The Bertz CT molecular complexity index is 3420. The molecule has 0 saturated carbocycles. The van der Waals surface area contributed by atoms with Gasteiger partial charge in [0.25, 0.3) is 6.01 Å². The fourth-order valence-corrected chi connectivity index (χ4v) is 12.3. The van der Waals surface area contributed by atoms with Crippen molar-refractivity contribution in [3.63, 3.8) is 0 Å². The highest BCUT2D eigenvalue weighted by molar-refractivity contribution is 6.33. The number of benzene rings is 3. The number of terminal acetylenes is 1. The number of hydrogen-bond donors (Lipinski definition) is 4. The molecule has 7 aromatic rings. The van der Waals surface area contributed by atoms with Crippen LogP contribution in [0, 0.1) is 24.0 Å². The number of imidazole rings is 1.